The summed E-state index contributed by atoms with van der Waals surface area (Å²) in [6.45, 7) is 4.21. The fourth-order valence-corrected chi connectivity index (χ4v) is 4.22. The van der Waals surface area contributed by atoms with Crippen LogP contribution in [0.15, 0.2) is 28.1 Å². The molecular formula is C14H15BrClNS. The van der Waals surface area contributed by atoms with Crippen LogP contribution in [0.3, 0.4) is 0 Å². The van der Waals surface area contributed by atoms with E-state index in [1.807, 2.05) is 19.2 Å². The molecule has 2 rings (SSSR count). The van der Waals surface area contributed by atoms with Crippen LogP contribution < -0.4 is 5.32 Å². The maximum Gasteiger partial charge on any atom is 0.0704 e. The first-order valence-electron chi connectivity index (χ1n) is 5.71. The van der Waals surface area contributed by atoms with Gasteiger partial charge in [0.2, 0.25) is 0 Å². The Bertz CT molecular complexity index is 545. The smallest absolute Gasteiger partial charge is 0.0704 e. The predicted octanol–water partition coefficient (Wildman–Crippen LogP) is 5.09. The van der Waals surface area contributed by atoms with Crippen molar-refractivity contribution in [1.82, 2.24) is 5.32 Å². The van der Waals surface area contributed by atoms with Crippen LogP contribution in [0, 0.1) is 13.8 Å². The molecule has 2 aromatic rings. The minimum atomic E-state index is 0.185. The first kappa shape index (κ1) is 14.1. The summed E-state index contributed by atoms with van der Waals surface area (Å²) in [5, 5.41) is 4.16. The van der Waals surface area contributed by atoms with Crippen molar-refractivity contribution in [3.05, 3.63) is 54.6 Å². The maximum absolute atomic E-state index is 6.15. The summed E-state index contributed by atoms with van der Waals surface area (Å²) >= 11 is 11.5. The fourth-order valence-electron chi connectivity index (χ4n) is 2.18. The van der Waals surface area contributed by atoms with E-state index in [0.717, 1.165) is 8.81 Å². The van der Waals surface area contributed by atoms with E-state index >= 15 is 0 Å². The molecule has 4 heteroatoms. The lowest BCUT2D eigenvalue weighted by Crippen LogP contribution is -2.17. The highest BCUT2D eigenvalue weighted by atomic mass is 79.9. The van der Waals surface area contributed by atoms with Gasteiger partial charge in [-0.1, -0.05) is 17.7 Å². The quantitative estimate of drug-likeness (QED) is 0.818. The zero-order valence-electron chi connectivity index (χ0n) is 10.6. The molecule has 1 N–H and O–H groups in total. The molecule has 1 heterocycles. The van der Waals surface area contributed by atoms with Gasteiger partial charge in [0, 0.05) is 9.90 Å². The van der Waals surface area contributed by atoms with Gasteiger partial charge in [0.25, 0.3) is 0 Å². The van der Waals surface area contributed by atoms with Crippen molar-refractivity contribution in [3.63, 3.8) is 0 Å². The van der Waals surface area contributed by atoms with Crippen molar-refractivity contribution in [3.8, 4) is 0 Å². The van der Waals surface area contributed by atoms with Gasteiger partial charge < -0.3 is 5.32 Å². The molecule has 1 unspecified atom stereocenters. The van der Waals surface area contributed by atoms with Crippen LogP contribution in [0.1, 0.15) is 27.6 Å². The van der Waals surface area contributed by atoms with Crippen LogP contribution >= 0.6 is 38.9 Å². The summed E-state index contributed by atoms with van der Waals surface area (Å²) in [5.41, 5.74) is 3.69. The maximum atomic E-state index is 6.15. The largest absolute Gasteiger partial charge is 0.309 e. The SMILES string of the molecule is CNC(c1cc(C)cc(Cl)c1)c1cc(Br)sc1C. The third-order valence-electron chi connectivity index (χ3n) is 2.92. The van der Waals surface area contributed by atoms with Crippen LogP contribution in [0.2, 0.25) is 5.02 Å². The third-order valence-corrected chi connectivity index (χ3v) is 4.71. The van der Waals surface area contributed by atoms with E-state index in [0.29, 0.717) is 0 Å². The van der Waals surface area contributed by atoms with E-state index in [1.165, 1.54) is 21.6 Å². The Morgan fingerprint density at radius 2 is 1.94 bits per heavy atom. The van der Waals surface area contributed by atoms with Gasteiger partial charge in [-0.3, -0.25) is 0 Å². The van der Waals surface area contributed by atoms with Gasteiger partial charge in [-0.05, 0) is 71.7 Å². The third kappa shape index (κ3) is 2.97. The standard InChI is InChI=1S/C14H15BrClNS/c1-8-4-10(6-11(16)5-8)14(17-3)12-7-13(15)18-9(12)2/h4-7,14,17H,1-3H3. The molecule has 0 aliphatic rings. The molecule has 1 atom stereocenters. The molecule has 96 valence electrons. The molecule has 0 aliphatic carbocycles. The number of halogens is 2. The second-order valence-electron chi connectivity index (χ2n) is 4.35. The molecule has 1 aromatic heterocycles. The fraction of sp³-hybridized carbons (Fsp3) is 0.286. The van der Waals surface area contributed by atoms with Crippen molar-refractivity contribution in [2.45, 2.75) is 19.9 Å². The zero-order valence-corrected chi connectivity index (χ0v) is 13.7. The predicted molar refractivity (Wildman–Crippen MR) is 83.8 cm³/mol. The van der Waals surface area contributed by atoms with Crippen molar-refractivity contribution < 1.29 is 0 Å². The first-order valence-corrected chi connectivity index (χ1v) is 7.70. The highest BCUT2D eigenvalue weighted by Crippen LogP contribution is 2.34. The number of rotatable bonds is 3. The molecule has 1 aromatic carbocycles. The number of nitrogens with one attached hydrogen (secondary N) is 1. The average Bonchev–Trinajstić information content (AvgIpc) is 2.58. The van der Waals surface area contributed by atoms with Crippen molar-refractivity contribution >= 4 is 38.9 Å². The number of hydrogen-bond acceptors (Lipinski definition) is 2. The number of benzene rings is 1. The van der Waals surface area contributed by atoms with Gasteiger partial charge in [-0.25, -0.2) is 0 Å². The van der Waals surface area contributed by atoms with Gasteiger partial charge in [0.05, 0.1) is 9.83 Å². The van der Waals surface area contributed by atoms with E-state index in [9.17, 15) is 0 Å². The second kappa shape index (κ2) is 5.74. The number of aryl methyl sites for hydroxylation is 2. The van der Waals surface area contributed by atoms with Crippen LogP contribution in [-0.4, -0.2) is 7.05 Å². The van der Waals surface area contributed by atoms with Gasteiger partial charge in [-0.2, -0.15) is 0 Å². The molecule has 18 heavy (non-hydrogen) atoms. The lowest BCUT2D eigenvalue weighted by atomic mass is 9.98. The summed E-state index contributed by atoms with van der Waals surface area (Å²) in [5.74, 6) is 0. The van der Waals surface area contributed by atoms with Crippen molar-refractivity contribution in [1.29, 1.82) is 0 Å². The highest BCUT2D eigenvalue weighted by Gasteiger charge is 2.17. The molecule has 1 nitrogen and oxygen atoms in total. The van der Waals surface area contributed by atoms with Gasteiger partial charge >= 0.3 is 0 Å². The monoisotopic (exact) mass is 343 g/mol. The summed E-state index contributed by atoms with van der Waals surface area (Å²) in [4.78, 5) is 1.32. The molecule has 0 saturated heterocycles. The topological polar surface area (TPSA) is 12.0 Å². The summed E-state index contributed by atoms with van der Waals surface area (Å²) in [6, 6.07) is 8.55. The molecular weight excluding hydrogens is 330 g/mol. The second-order valence-corrected chi connectivity index (χ2v) is 7.42. The van der Waals surface area contributed by atoms with Gasteiger partial charge in [0.1, 0.15) is 0 Å². The lowest BCUT2D eigenvalue weighted by Gasteiger charge is -2.18. The lowest BCUT2D eigenvalue weighted by molar-refractivity contribution is 0.690. The molecule has 0 radical (unpaired) electrons. The Labute approximate surface area is 125 Å². The Morgan fingerprint density at radius 1 is 1.22 bits per heavy atom. The van der Waals surface area contributed by atoms with Gasteiger partial charge in [-0.15, -0.1) is 11.3 Å². The number of hydrogen-bond donors (Lipinski definition) is 1. The summed E-state index contributed by atoms with van der Waals surface area (Å²) in [6.07, 6.45) is 0. The van der Waals surface area contributed by atoms with Crippen LogP contribution in [0.4, 0.5) is 0 Å². The zero-order chi connectivity index (χ0) is 13.3. The Hall–Kier alpha value is -0.350. The van der Waals surface area contributed by atoms with Gasteiger partial charge in [0.15, 0.2) is 0 Å². The minimum absolute atomic E-state index is 0.185. The number of thiophene rings is 1. The minimum Gasteiger partial charge on any atom is -0.309 e. The normalized spacial score (nSPS) is 12.7. The van der Waals surface area contributed by atoms with E-state index < -0.39 is 0 Å². The van der Waals surface area contributed by atoms with E-state index in [4.69, 9.17) is 11.6 Å². The van der Waals surface area contributed by atoms with Crippen LogP contribution in [0.25, 0.3) is 0 Å². The Balaban J connectivity index is 2.48. The molecule has 0 fully saturated rings. The van der Waals surface area contributed by atoms with E-state index in [1.54, 1.807) is 11.3 Å². The van der Waals surface area contributed by atoms with Crippen molar-refractivity contribution in [2.24, 2.45) is 0 Å². The Morgan fingerprint density at radius 3 is 2.44 bits per heavy atom. The highest BCUT2D eigenvalue weighted by molar-refractivity contribution is 9.11. The van der Waals surface area contributed by atoms with Crippen molar-refractivity contribution in [2.75, 3.05) is 7.05 Å². The molecule has 0 amide bonds. The molecule has 0 bridgehead atoms. The molecule has 0 spiro atoms. The van der Waals surface area contributed by atoms with Crippen LogP contribution in [-0.2, 0) is 0 Å². The summed E-state index contributed by atoms with van der Waals surface area (Å²) in [7, 11) is 1.98. The first-order chi connectivity index (χ1) is 8.51. The average molecular weight is 345 g/mol. The van der Waals surface area contributed by atoms with E-state index in [-0.39, 0.29) is 6.04 Å². The van der Waals surface area contributed by atoms with E-state index in [2.05, 4.69) is 47.2 Å². The Kier molecular flexibility index (Phi) is 4.49. The summed E-state index contributed by atoms with van der Waals surface area (Å²) < 4.78 is 1.16. The van der Waals surface area contributed by atoms with Crippen LogP contribution in [0.5, 0.6) is 0 Å². The molecule has 0 saturated carbocycles. The molecule has 0 aliphatic heterocycles.